The molecule has 0 saturated carbocycles. The number of hydrogen-bond donors (Lipinski definition) is 0. The SMILES string of the molecule is CC(C)(C)c1ccc(N2c3cc4c(cc3B3c5c2cc2c(c5-c5cccc6c7c8ccccc8oc7n3c56)-c3ccccc3C2(C)C)-c2ccccc2C4(C)C)c(-c2ccccc2)c1. The Balaban J connectivity index is 1.20. The molecule has 0 amide bonds. The Morgan fingerprint density at radius 3 is 1.95 bits per heavy atom. The van der Waals surface area contributed by atoms with Gasteiger partial charge in [0, 0.05) is 49.6 Å². The van der Waals surface area contributed by atoms with E-state index >= 15 is 0 Å². The molecule has 2 aromatic heterocycles. The Hall–Kier alpha value is -7.04. The molecule has 306 valence electrons. The lowest BCUT2D eigenvalue weighted by atomic mass is 9.44. The second-order valence-electron chi connectivity index (χ2n) is 20.8. The van der Waals surface area contributed by atoms with Crippen molar-refractivity contribution in [3.8, 4) is 44.5 Å². The molecule has 0 unspecified atom stereocenters. The first-order valence-electron chi connectivity index (χ1n) is 23.0. The minimum atomic E-state index is -0.226. The summed E-state index contributed by atoms with van der Waals surface area (Å²) in [5.41, 5.74) is 26.2. The van der Waals surface area contributed by atoms with Gasteiger partial charge in [-0.25, -0.2) is 0 Å². The fraction of sp³-hybridized carbons (Fsp3) is 0.167. The maximum atomic E-state index is 7.12. The molecule has 0 radical (unpaired) electrons. The van der Waals surface area contributed by atoms with Crippen LogP contribution in [0.3, 0.4) is 0 Å². The number of para-hydroxylation sites is 2. The third kappa shape index (κ3) is 4.39. The van der Waals surface area contributed by atoms with Crippen LogP contribution in [0.2, 0.25) is 0 Å². The zero-order valence-corrected chi connectivity index (χ0v) is 37.4. The average Bonchev–Trinajstić information content (AvgIpc) is 3.97. The fourth-order valence-electron chi connectivity index (χ4n) is 12.6. The summed E-state index contributed by atoms with van der Waals surface area (Å²) >= 11 is 0. The molecule has 4 aliphatic rings. The zero-order valence-electron chi connectivity index (χ0n) is 37.4. The van der Waals surface area contributed by atoms with Crippen molar-refractivity contribution in [1.29, 1.82) is 0 Å². The molecule has 0 fully saturated rings. The number of hydrogen-bond acceptors (Lipinski definition) is 2. The van der Waals surface area contributed by atoms with Crippen molar-refractivity contribution in [3.05, 3.63) is 186 Å². The van der Waals surface area contributed by atoms with Crippen molar-refractivity contribution in [2.75, 3.05) is 4.90 Å². The highest BCUT2D eigenvalue weighted by molar-refractivity contribution is 6.90. The predicted molar refractivity (Wildman–Crippen MR) is 269 cm³/mol. The van der Waals surface area contributed by atoms with Gasteiger partial charge in [-0.1, -0.05) is 176 Å². The van der Waals surface area contributed by atoms with Crippen molar-refractivity contribution < 1.29 is 4.42 Å². The molecule has 64 heavy (non-hydrogen) atoms. The van der Waals surface area contributed by atoms with Crippen LogP contribution in [-0.4, -0.2) is 11.3 Å². The number of nitrogens with zero attached hydrogens (tertiary/aromatic N) is 2. The lowest BCUT2D eigenvalue weighted by Gasteiger charge is -2.43. The molecule has 0 spiro atoms. The minimum Gasteiger partial charge on any atom is -0.441 e. The molecule has 0 saturated heterocycles. The van der Waals surface area contributed by atoms with Crippen molar-refractivity contribution in [2.45, 2.75) is 64.7 Å². The van der Waals surface area contributed by atoms with E-state index in [1.54, 1.807) is 0 Å². The van der Waals surface area contributed by atoms with E-state index in [4.69, 9.17) is 4.42 Å². The number of aromatic nitrogens is 1. The summed E-state index contributed by atoms with van der Waals surface area (Å²) in [6, 6.07) is 59.9. The lowest BCUT2D eigenvalue weighted by molar-refractivity contribution is 0.590. The fourth-order valence-corrected chi connectivity index (χ4v) is 12.6. The quantitative estimate of drug-likeness (QED) is 0.162. The largest absolute Gasteiger partial charge is 0.441 e. The maximum absolute atomic E-state index is 7.12. The first-order valence-corrected chi connectivity index (χ1v) is 23.0. The van der Waals surface area contributed by atoms with Gasteiger partial charge in [-0.15, -0.1) is 0 Å². The predicted octanol–water partition coefficient (Wildman–Crippen LogP) is 14.5. The van der Waals surface area contributed by atoms with Crippen LogP contribution in [0.4, 0.5) is 17.1 Å². The Morgan fingerprint density at radius 1 is 0.500 bits per heavy atom. The van der Waals surface area contributed by atoms with Gasteiger partial charge in [-0.2, -0.15) is 0 Å². The molecule has 0 atom stereocenters. The monoisotopic (exact) mass is 822 g/mol. The molecule has 4 heterocycles. The smallest absolute Gasteiger partial charge is 0.336 e. The number of benzene rings is 8. The van der Waals surface area contributed by atoms with Crippen LogP contribution in [0.15, 0.2) is 162 Å². The number of rotatable bonds is 2. The first-order chi connectivity index (χ1) is 30.9. The maximum Gasteiger partial charge on any atom is 0.336 e. The summed E-state index contributed by atoms with van der Waals surface area (Å²) in [5, 5.41) is 3.60. The van der Waals surface area contributed by atoms with Crippen LogP contribution in [0.25, 0.3) is 77.5 Å². The summed E-state index contributed by atoms with van der Waals surface area (Å²) in [4.78, 5) is 2.67. The lowest BCUT2D eigenvalue weighted by Crippen LogP contribution is -2.57. The first kappa shape index (κ1) is 36.4. The van der Waals surface area contributed by atoms with Crippen LogP contribution in [0.1, 0.15) is 76.3 Å². The van der Waals surface area contributed by atoms with E-state index in [1.165, 1.54) is 117 Å². The average molecular weight is 823 g/mol. The highest BCUT2D eigenvalue weighted by atomic mass is 16.3. The topological polar surface area (TPSA) is 21.3 Å². The summed E-state index contributed by atoms with van der Waals surface area (Å²) in [6.45, 7) is 16.5. The molecule has 10 aromatic rings. The second kappa shape index (κ2) is 11.9. The van der Waals surface area contributed by atoms with Crippen molar-refractivity contribution in [3.63, 3.8) is 0 Å². The molecule has 14 rings (SSSR count). The zero-order chi connectivity index (χ0) is 43.2. The van der Waals surface area contributed by atoms with Crippen molar-refractivity contribution in [2.24, 2.45) is 0 Å². The second-order valence-corrected chi connectivity index (χ2v) is 20.8. The van der Waals surface area contributed by atoms with Crippen LogP contribution >= 0.6 is 0 Å². The summed E-state index contributed by atoms with van der Waals surface area (Å²) < 4.78 is 9.72. The van der Waals surface area contributed by atoms with Gasteiger partial charge in [0.05, 0.1) is 11.1 Å². The number of anilines is 3. The Kier molecular flexibility index (Phi) is 6.80. The van der Waals surface area contributed by atoms with Gasteiger partial charge >= 0.3 is 6.85 Å². The summed E-state index contributed by atoms with van der Waals surface area (Å²) in [5.74, 6) is 0. The highest BCUT2D eigenvalue weighted by Gasteiger charge is 2.50. The molecule has 2 aliphatic carbocycles. The van der Waals surface area contributed by atoms with Crippen molar-refractivity contribution in [1.82, 2.24) is 4.48 Å². The van der Waals surface area contributed by atoms with Gasteiger partial charge in [-0.05, 0) is 108 Å². The summed E-state index contributed by atoms with van der Waals surface area (Å²) in [6.07, 6.45) is 0. The van der Waals surface area contributed by atoms with E-state index in [2.05, 4.69) is 216 Å². The Bertz CT molecular complexity index is 3720. The normalized spacial score (nSPS) is 15.6. The van der Waals surface area contributed by atoms with Gasteiger partial charge in [0.15, 0.2) is 5.71 Å². The third-order valence-corrected chi connectivity index (χ3v) is 15.7. The minimum absolute atomic E-state index is 0.0341. The Labute approximate surface area is 374 Å². The van der Waals surface area contributed by atoms with Gasteiger partial charge < -0.3 is 13.8 Å². The molecule has 4 heteroatoms. The molecule has 0 bridgehead atoms. The van der Waals surface area contributed by atoms with Gasteiger partial charge in [-0.3, -0.25) is 0 Å². The van der Waals surface area contributed by atoms with E-state index in [-0.39, 0.29) is 23.1 Å². The summed E-state index contributed by atoms with van der Waals surface area (Å²) in [7, 11) is 0. The van der Waals surface area contributed by atoms with E-state index < -0.39 is 0 Å². The highest BCUT2D eigenvalue weighted by Crippen LogP contribution is 2.59. The van der Waals surface area contributed by atoms with Crippen LogP contribution in [0.5, 0.6) is 0 Å². The number of furan rings is 1. The van der Waals surface area contributed by atoms with Crippen molar-refractivity contribution >= 4 is 67.8 Å². The van der Waals surface area contributed by atoms with Gasteiger partial charge in [0.2, 0.25) is 0 Å². The van der Waals surface area contributed by atoms with Crippen LogP contribution < -0.4 is 15.8 Å². The molecule has 3 nitrogen and oxygen atoms in total. The van der Waals surface area contributed by atoms with E-state index in [0.29, 0.717) is 0 Å². The molecule has 2 aliphatic heterocycles. The number of fused-ring (bicyclic) bond motifs is 16. The molecule has 8 aromatic carbocycles. The van der Waals surface area contributed by atoms with E-state index in [9.17, 15) is 0 Å². The standard InChI is InChI=1S/C60H47BN2O/c1-58(2,3)35-28-29-48(41(30-35)34-18-9-8-10-19-34)62-49-32-45-42(36-20-11-14-25-43(36)59(45,4)5)31-47(49)61-55-50(62)33-46-53(37-21-12-15-26-44(37)60(46,6)7)54(55)40-24-17-23-39-52-38-22-13-16-27-51(38)64-57(52)63(61)56(39)40/h8-33H,1-7H3. The third-order valence-electron chi connectivity index (χ3n) is 15.7. The molecular formula is C60H47BN2O. The Morgan fingerprint density at radius 2 is 1.16 bits per heavy atom. The van der Waals surface area contributed by atoms with Gasteiger partial charge in [0.1, 0.15) is 5.58 Å². The van der Waals surface area contributed by atoms with Crippen LogP contribution in [-0.2, 0) is 16.2 Å². The van der Waals surface area contributed by atoms with E-state index in [1.807, 2.05) is 0 Å². The van der Waals surface area contributed by atoms with Gasteiger partial charge in [0.25, 0.3) is 0 Å². The van der Waals surface area contributed by atoms with Crippen LogP contribution in [0, 0.1) is 0 Å². The molecular weight excluding hydrogens is 775 g/mol. The molecule has 0 N–H and O–H groups in total. The van der Waals surface area contributed by atoms with E-state index in [0.717, 1.165) is 16.7 Å².